The Labute approximate surface area is 136 Å². The van der Waals surface area contributed by atoms with Gasteiger partial charge in [-0.2, -0.15) is 5.26 Å². The summed E-state index contributed by atoms with van der Waals surface area (Å²) in [6.45, 7) is 4.45. The van der Waals surface area contributed by atoms with Gasteiger partial charge in [0, 0.05) is 12.0 Å². The molecule has 1 saturated heterocycles. The molecule has 23 heavy (non-hydrogen) atoms. The molecule has 0 spiro atoms. The van der Waals surface area contributed by atoms with Crippen LogP contribution in [0.15, 0.2) is 24.3 Å². The summed E-state index contributed by atoms with van der Waals surface area (Å²) < 4.78 is 11.1. The first-order valence-corrected chi connectivity index (χ1v) is 7.82. The summed E-state index contributed by atoms with van der Waals surface area (Å²) >= 11 is 0. The molecule has 0 bridgehead atoms. The summed E-state index contributed by atoms with van der Waals surface area (Å²) in [5.41, 5.74) is -0.325. The van der Waals surface area contributed by atoms with Crippen molar-refractivity contribution in [1.29, 1.82) is 5.26 Å². The fourth-order valence-electron chi connectivity index (χ4n) is 3.51. The van der Waals surface area contributed by atoms with Crippen molar-refractivity contribution in [3.63, 3.8) is 0 Å². The fourth-order valence-corrected chi connectivity index (χ4v) is 3.51. The van der Waals surface area contributed by atoms with Gasteiger partial charge >= 0.3 is 5.97 Å². The Hall–Kier alpha value is -2.06. The van der Waals surface area contributed by atoms with E-state index in [0.29, 0.717) is 25.2 Å². The molecule has 0 aliphatic carbocycles. The second-order valence-electron chi connectivity index (χ2n) is 6.36. The van der Waals surface area contributed by atoms with Crippen LogP contribution in [0, 0.1) is 17.2 Å². The standard InChI is InChI=1S/C18H23NO4/c1-4-17(2)12-18(9-10-23-17,15(11-19)16(20)21)13-5-7-14(22-3)8-6-13/h5-8,15H,4,9-10,12H2,1-3H3,(H,20,21). The Morgan fingerprint density at radius 3 is 2.61 bits per heavy atom. The number of carboxylic acids is 1. The molecule has 1 aromatic carbocycles. The molecule has 1 aromatic rings. The average Bonchev–Trinajstić information content (AvgIpc) is 2.55. The largest absolute Gasteiger partial charge is 0.497 e. The van der Waals surface area contributed by atoms with Crippen LogP contribution in [-0.4, -0.2) is 30.4 Å². The zero-order valence-corrected chi connectivity index (χ0v) is 13.8. The van der Waals surface area contributed by atoms with Crippen LogP contribution in [0.2, 0.25) is 0 Å². The van der Waals surface area contributed by atoms with Crippen molar-refractivity contribution in [3.05, 3.63) is 29.8 Å². The predicted octanol–water partition coefficient (Wildman–Crippen LogP) is 3.14. The second-order valence-corrected chi connectivity index (χ2v) is 6.36. The smallest absolute Gasteiger partial charge is 0.321 e. The maximum absolute atomic E-state index is 11.7. The molecule has 1 heterocycles. The number of nitrogens with zero attached hydrogens (tertiary/aromatic N) is 1. The lowest BCUT2D eigenvalue weighted by atomic mass is 9.61. The van der Waals surface area contributed by atoms with Gasteiger partial charge in [0.2, 0.25) is 0 Å². The molecule has 0 radical (unpaired) electrons. The molecule has 5 heteroatoms. The fraction of sp³-hybridized carbons (Fsp3) is 0.556. The molecule has 0 aromatic heterocycles. The SMILES string of the molecule is CCC1(C)CC(c2ccc(OC)cc2)(C(C#N)C(=O)O)CCO1. The molecule has 5 nitrogen and oxygen atoms in total. The van der Waals surface area contributed by atoms with Gasteiger partial charge in [0.1, 0.15) is 5.75 Å². The number of hydrogen-bond donors (Lipinski definition) is 1. The molecule has 3 unspecified atom stereocenters. The first kappa shape index (κ1) is 17.3. The van der Waals surface area contributed by atoms with Gasteiger partial charge in [-0.05, 0) is 43.9 Å². The van der Waals surface area contributed by atoms with Crippen LogP contribution >= 0.6 is 0 Å². The van der Waals surface area contributed by atoms with Gasteiger partial charge in [0.25, 0.3) is 0 Å². The Kier molecular flexibility index (Phi) is 4.96. The van der Waals surface area contributed by atoms with Gasteiger partial charge in [-0.25, -0.2) is 0 Å². The van der Waals surface area contributed by atoms with Crippen molar-refractivity contribution in [3.8, 4) is 11.8 Å². The highest BCUT2D eigenvalue weighted by Crippen LogP contribution is 2.48. The van der Waals surface area contributed by atoms with Crippen LogP contribution in [0.3, 0.4) is 0 Å². The minimum atomic E-state index is -1.11. The van der Waals surface area contributed by atoms with Crippen molar-refractivity contribution in [2.75, 3.05) is 13.7 Å². The van der Waals surface area contributed by atoms with Gasteiger partial charge in [0.15, 0.2) is 5.92 Å². The van der Waals surface area contributed by atoms with Gasteiger partial charge in [0.05, 0.1) is 18.8 Å². The van der Waals surface area contributed by atoms with E-state index < -0.39 is 22.9 Å². The lowest BCUT2D eigenvalue weighted by Gasteiger charge is -2.47. The molecule has 1 aliphatic heterocycles. The third-order valence-corrected chi connectivity index (χ3v) is 5.03. The number of ether oxygens (including phenoxy) is 2. The summed E-state index contributed by atoms with van der Waals surface area (Å²) in [6.07, 6.45) is 1.79. The molecule has 1 fully saturated rings. The normalized spacial score (nSPS) is 28.6. The molecular weight excluding hydrogens is 294 g/mol. The molecule has 1 aliphatic rings. The number of aliphatic carboxylic acids is 1. The lowest BCUT2D eigenvalue weighted by molar-refractivity contribution is -0.148. The minimum Gasteiger partial charge on any atom is -0.497 e. The lowest BCUT2D eigenvalue weighted by Crippen LogP contribution is -2.51. The van der Waals surface area contributed by atoms with E-state index in [4.69, 9.17) is 9.47 Å². The van der Waals surface area contributed by atoms with Crippen molar-refractivity contribution in [2.24, 2.45) is 5.92 Å². The Balaban J connectivity index is 2.54. The number of carbonyl (C=O) groups is 1. The highest BCUT2D eigenvalue weighted by molar-refractivity contribution is 5.75. The van der Waals surface area contributed by atoms with E-state index in [1.807, 2.05) is 44.2 Å². The summed E-state index contributed by atoms with van der Waals surface area (Å²) in [4.78, 5) is 11.7. The number of methoxy groups -OCH3 is 1. The summed E-state index contributed by atoms with van der Waals surface area (Å²) in [5.74, 6) is -1.48. The minimum absolute atomic E-state index is 0.428. The van der Waals surface area contributed by atoms with E-state index in [0.717, 1.165) is 12.0 Å². The third-order valence-electron chi connectivity index (χ3n) is 5.03. The van der Waals surface area contributed by atoms with Crippen LogP contribution in [0.1, 0.15) is 38.7 Å². The van der Waals surface area contributed by atoms with Crippen LogP contribution in [0.5, 0.6) is 5.75 Å². The Morgan fingerprint density at radius 1 is 1.48 bits per heavy atom. The Morgan fingerprint density at radius 2 is 2.13 bits per heavy atom. The molecule has 1 N–H and O–H groups in total. The molecule has 3 atom stereocenters. The van der Waals surface area contributed by atoms with E-state index in [9.17, 15) is 15.2 Å². The summed E-state index contributed by atoms with van der Waals surface area (Å²) in [7, 11) is 1.59. The van der Waals surface area contributed by atoms with Crippen LogP contribution in [-0.2, 0) is 14.9 Å². The first-order chi connectivity index (χ1) is 10.9. The van der Waals surface area contributed by atoms with Gasteiger partial charge in [-0.3, -0.25) is 4.79 Å². The highest BCUT2D eigenvalue weighted by Gasteiger charge is 2.51. The summed E-state index contributed by atoms with van der Waals surface area (Å²) in [6, 6.07) is 9.38. The molecular formula is C18H23NO4. The average molecular weight is 317 g/mol. The molecule has 124 valence electrons. The highest BCUT2D eigenvalue weighted by atomic mass is 16.5. The first-order valence-electron chi connectivity index (χ1n) is 7.82. The predicted molar refractivity (Wildman–Crippen MR) is 85.3 cm³/mol. The van der Waals surface area contributed by atoms with Crippen LogP contribution < -0.4 is 4.74 Å². The number of hydrogen-bond acceptors (Lipinski definition) is 4. The number of carboxylic acid groups (broad SMARTS) is 1. The second kappa shape index (κ2) is 6.59. The maximum Gasteiger partial charge on any atom is 0.321 e. The third kappa shape index (κ3) is 3.18. The van der Waals surface area contributed by atoms with Crippen molar-refractivity contribution >= 4 is 5.97 Å². The number of nitriles is 1. The van der Waals surface area contributed by atoms with E-state index in [1.165, 1.54) is 0 Å². The van der Waals surface area contributed by atoms with Gasteiger partial charge in [-0.15, -0.1) is 0 Å². The number of benzene rings is 1. The maximum atomic E-state index is 11.7. The zero-order chi connectivity index (χ0) is 17.1. The molecule has 0 amide bonds. The van der Waals surface area contributed by atoms with E-state index >= 15 is 0 Å². The van der Waals surface area contributed by atoms with E-state index in [-0.39, 0.29) is 0 Å². The van der Waals surface area contributed by atoms with E-state index in [2.05, 4.69) is 0 Å². The van der Waals surface area contributed by atoms with Gasteiger partial charge in [-0.1, -0.05) is 19.1 Å². The topological polar surface area (TPSA) is 79.5 Å². The zero-order valence-electron chi connectivity index (χ0n) is 13.8. The Bertz CT molecular complexity index is 606. The number of rotatable bonds is 5. The van der Waals surface area contributed by atoms with Crippen molar-refractivity contribution in [2.45, 2.75) is 44.1 Å². The molecule has 2 rings (SSSR count). The quantitative estimate of drug-likeness (QED) is 0.902. The van der Waals surface area contributed by atoms with Crippen LogP contribution in [0.4, 0.5) is 0 Å². The van der Waals surface area contributed by atoms with Crippen LogP contribution in [0.25, 0.3) is 0 Å². The van der Waals surface area contributed by atoms with Gasteiger partial charge < -0.3 is 14.6 Å². The van der Waals surface area contributed by atoms with E-state index in [1.54, 1.807) is 7.11 Å². The summed E-state index contributed by atoms with van der Waals surface area (Å²) in [5, 5.41) is 19.1. The van der Waals surface area contributed by atoms with Crippen molar-refractivity contribution in [1.82, 2.24) is 0 Å². The molecule has 0 saturated carbocycles. The monoisotopic (exact) mass is 317 g/mol. The van der Waals surface area contributed by atoms with Crippen molar-refractivity contribution < 1.29 is 19.4 Å².